The molecule has 0 saturated heterocycles. The Kier molecular flexibility index (Phi) is 7.49. The Bertz CT molecular complexity index is 2550. The largest absolute Gasteiger partial charge is 0.256 e. The summed E-state index contributed by atoms with van der Waals surface area (Å²) in [6.45, 7) is 0. The van der Waals surface area contributed by atoms with E-state index < -0.39 is 0 Å². The predicted molar refractivity (Wildman–Crippen MR) is 207 cm³/mol. The van der Waals surface area contributed by atoms with Gasteiger partial charge in [0.2, 0.25) is 0 Å². The molecule has 0 N–H and O–H groups in total. The molecule has 2 heterocycles. The Morgan fingerprint density at radius 2 is 0.820 bits per heavy atom. The molecular formula is C47H31N3. The highest BCUT2D eigenvalue weighted by molar-refractivity contribution is 5.94. The van der Waals surface area contributed by atoms with Crippen molar-refractivity contribution in [1.82, 2.24) is 15.0 Å². The van der Waals surface area contributed by atoms with Gasteiger partial charge in [-0.15, -0.1) is 0 Å². The minimum atomic E-state index is 0.719. The molecule has 2 aromatic heterocycles. The van der Waals surface area contributed by atoms with Crippen LogP contribution in [0.25, 0.3) is 89.0 Å². The molecule has 3 nitrogen and oxygen atoms in total. The molecule has 0 radical (unpaired) electrons. The highest BCUT2D eigenvalue weighted by Gasteiger charge is 2.12. The number of fused-ring (bicyclic) bond motifs is 2. The molecule has 0 aliphatic heterocycles. The Labute approximate surface area is 291 Å². The summed E-state index contributed by atoms with van der Waals surface area (Å²) in [6, 6.07) is 63.9. The molecule has 0 bridgehead atoms. The second-order valence-corrected chi connectivity index (χ2v) is 12.5. The first-order valence-electron chi connectivity index (χ1n) is 16.8. The zero-order valence-electron chi connectivity index (χ0n) is 27.2. The van der Waals surface area contributed by atoms with Crippen LogP contribution in [0.5, 0.6) is 0 Å². The summed E-state index contributed by atoms with van der Waals surface area (Å²) in [6.07, 6.45) is 1.86. The van der Waals surface area contributed by atoms with E-state index in [0.717, 1.165) is 55.9 Å². The van der Waals surface area contributed by atoms with Crippen LogP contribution in [-0.2, 0) is 0 Å². The van der Waals surface area contributed by atoms with Gasteiger partial charge in [-0.05, 0) is 62.9 Å². The number of nitrogens with zero attached hydrogens (tertiary/aromatic N) is 3. The lowest BCUT2D eigenvalue weighted by atomic mass is 9.95. The Balaban J connectivity index is 1.02. The second-order valence-electron chi connectivity index (χ2n) is 12.5. The maximum Gasteiger partial charge on any atom is 0.160 e. The molecule has 7 aromatic carbocycles. The molecule has 0 aliphatic carbocycles. The number of aromatic nitrogens is 3. The van der Waals surface area contributed by atoms with E-state index in [-0.39, 0.29) is 0 Å². The third kappa shape index (κ3) is 5.72. The smallest absolute Gasteiger partial charge is 0.160 e. The van der Waals surface area contributed by atoms with Gasteiger partial charge >= 0.3 is 0 Å². The maximum absolute atomic E-state index is 5.00. The lowest BCUT2D eigenvalue weighted by molar-refractivity contribution is 1.18. The van der Waals surface area contributed by atoms with E-state index in [1.54, 1.807) is 0 Å². The van der Waals surface area contributed by atoms with Gasteiger partial charge in [-0.25, -0.2) is 9.97 Å². The fourth-order valence-corrected chi connectivity index (χ4v) is 6.69. The Morgan fingerprint density at radius 1 is 0.300 bits per heavy atom. The van der Waals surface area contributed by atoms with Crippen LogP contribution in [0.4, 0.5) is 0 Å². The van der Waals surface area contributed by atoms with Crippen molar-refractivity contribution in [3.05, 3.63) is 188 Å². The summed E-state index contributed by atoms with van der Waals surface area (Å²) in [5, 5.41) is 3.58. The lowest BCUT2D eigenvalue weighted by Crippen LogP contribution is -1.95. The topological polar surface area (TPSA) is 38.7 Å². The zero-order chi connectivity index (χ0) is 33.3. The van der Waals surface area contributed by atoms with E-state index >= 15 is 0 Å². The van der Waals surface area contributed by atoms with Gasteiger partial charge in [0, 0.05) is 33.8 Å². The quantitative estimate of drug-likeness (QED) is 0.182. The summed E-state index contributed by atoms with van der Waals surface area (Å²) < 4.78 is 0. The van der Waals surface area contributed by atoms with E-state index in [0.29, 0.717) is 0 Å². The first kappa shape index (κ1) is 29.4. The van der Waals surface area contributed by atoms with Gasteiger partial charge in [0.25, 0.3) is 0 Å². The molecule has 50 heavy (non-hydrogen) atoms. The van der Waals surface area contributed by atoms with Crippen molar-refractivity contribution in [3.8, 4) is 67.3 Å². The van der Waals surface area contributed by atoms with Crippen LogP contribution in [0.3, 0.4) is 0 Å². The third-order valence-corrected chi connectivity index (χ3v) is 9.34. The van der Waals surface area contributed by atoms with E-state index in [9.17, 15) is 0 Å². The van der Waals surface area contributed by atoms with Crippen molar-refractivity contribution in [2.45, 2.75) is 0 Å². The van der Waals surface area contributed by atoms with Crippen molar-refractivity contribution < 1.29 is 0 Å². The molecule has 0 saturated carbocycles. The second kappa shape index (κ2) is 12.7. The molecule has 9 rings (SSSR count). The van der Waals surface area contributed by atoms with Gasteiger partial charge in [-0.2, -0.15) is 0 Å². The summed E-state index contributed by atoms with van der Waals surface area (Å²) >= 11 is 0. The van der Waals surface area contributed by atoms with Gasteiger partial charge < -0.3 is 0 Å². The predicted octanol–water partition coefficient (Wildman–Crippen LogP) is 12.2. The molecule has 3 heteroatoms. The molecule has 0 fully saturated rings. The average molecular weight is 638 g/mol. The van der Waals surface area contributed by atoms with Crippen molar-refractivity contribution >= 4 is 21.7 Å². The van der Waals surface area contributed by atoms with Gasteiger partial charge in [0.15, 0.2) is 5.82 Å². The fourth-order valence-electron chi connectivity index (χ4n) is 6.69. The normalized spacial score (nSPS) is 11.2. The SMILES string of the molecule is c1ccc(-c2cc(-c3ccc(-c4ccc5ccc(-c6ccc(-c7cccc8cccnc78)cc6)cc5c4)cc3)nc(-c3ccccc3)n2)cc1. The maximum atomic E-state index is 5.00. The van der Waals surface area contributed by atoms with Gasteiger partial charge in [0.1, 0.15) is 0 Å². The van der Waals surface area contributed by atoms with Gasteiger partial charge in [-0.1, -0.05) is 158 Å². The first-order valence-corrected chi connectivity index (χ1v) is 16.8. The van der Waals surface area contributed by atoms with Crippen LogP contribution in [0.1, 0.15) is 0 Å². The first-order chi connectivity index (χ1) is 24.7. The van der Waals surface area contributed by atoms with Crippen molar-refractivity contribution in [2.75, 3.05) is 0 Å². The van der Waals surface area contributed by atoms with E-state index in [1.165, 1.54) is 33.0 Å². The monoisotopic (exact) mass is 637 g/mol. The fraction of sp³-hybridized carbons (Fsp3) is 0. The minimum Gasteiger partial charge on any atom is -0.256 e. The highest BCUT2D eigenvalue weighted by atomic mass is 14.9. The summed E-state index contributed by atoms with van der Waals surface area (Å²) in [7, 11) is 0. The molecule has 0 unspecified atom stereocenters. The standard InChI is InChI=1S/C47H31N3/c1-3-9-36(10-4-1)44-31-45(50-47(49-44)39-11-5-2-6-12-39)37-24-18-33(19-25-37)41-27-21-34-20-26-40(29-42(34)30-41)32-16-22-35(23-17-32)43-15-7-13-38-14-8-28-48-46(38)43/h1-31H. The van der Waals surface area contributed by atoms with Crippen molar-refractivity contribution in [2.24, 2.45) is 0 Å². The lowest BCUT2D eigenvalue weighted by Gasteiger charge is -2.11. The molecular weight excluding hydrogens is 607 g/mol. The Morgan fingerprint density at radius 3 is 1.46 bits per heavy atom. The van der Waals surface area contributed by atoms with Crippen LogP contribution < -0.4 is 0 Å². The van der Waals surface area contributed by atoms with Crippen LogP contribution in [0.2, 0.25) is 0 Å². The number of pyridine rings is 1. The number of benzene rings is 7. The number of hydrogen-bond acceptors (Lipinski definition) is 3. The average Bonchev–Trinajstić information content (AvgIpc) is 3.21. The number of rotatable bonds is 6. The van der Waals surface area contributed by atoms with Gasteiger partial charge in [0.05, 0.1) is 16.9 Å². The summed E-state index contributed by atoms with van der Waals surface area (Å²) in [4.78, 5) is 14.6. The van der Waals surface area contributed by atoms with Crippen LogP contribution >= 0.6 is 0 Å². The van der Waals surface area contributed by atoms with Gasteiger partial charge in [-0.3, -0.25) is 4.98 Å². The molecule has 0 aliphatic rings. The van der Waals surface area contributed by atoms with E-state index in [1.807, 2.05) is 48.7 Å². The van der Waals surface area contributed by atoms with E-state index in [2.05, 4.69) is 145 Å². The Hall–Kier alpha value is -6.71. The highest BCUT2D eigenvalue weighted by Crippen LogP contribution is 2.33. The number of para-hydroxylation sites is 1. The van der Waals surface area contributed by atoms with Crippen LogP contribution in [0.15, 0.2) is 188 Å². The molecule has 234 valence electrons. The van der Waals surface area contributed by atoms with Crippen LogP contribution in [0, 0.1) is 0 Å². The number of hydrogen-bond donors (Lipinski definition) is 0. The summed E-state index contributed by atoms with van der Waals surface area (Å²) in [5.74, 6) is 0.719. The van der Waals surface area contributed by atoms with E-state index in [4.69, 9.17) is 9.97 Å². The molecule has 0 amide bonds. The molecule has 0 spiro atoms. The molecule has 9 aromatic rings. The minimum absolute atomic E-state index is 0.719. The zero-order valence-corrected chi connectivity index (χ0v) is 27.2. The summed E-state index contributed by atoms with van der Waals surface area (Å²) in [5.41, 5.74) is 13.0. The van der Waals surface area contributed by atoms with Crippen molar-refractivity contribution in [3.63, 3.8) is 0 Å². The molecule has 0 atom stereocenters. The van der Waals surface area contributed by atoms with Crippen LogP contribution in [-0.4, -0.2) is 15.0 Å². The van der Waals surface area contributed by atoms with Crippen molar-refractivity contribution in [1.29, 1.82) is 0 Å². The third-order valence-electron chi connectivity index (χ3n) is 9.34.